The van der Waals surface area contributed by atoms with Crippen LogP contribution in [0.3, 0.4) is 0 Å². The Labute approximate surface area is 108 Å². The van der Waals surface area contributed by atoms with Crippen molar-refractivity contribution in [3.63, 3.8) is 0 Å². The van der Waals surface area contributed by atoms with Crippen molar-refractivity contribution in [3.8, 4) is 0 Å². The van der Waals surface area contributed by atoms with Gasteiger partial charge in [-0.3, -0.25) is 0 Å². The van der Waals surface area contributed by atoms with Gasteiger partial charge in [0.05, 0.1) is 7.05 Å². The molecule has 1 saturated heterocycles. The first-order valence-corrected chi connectivity index (χ1v) is 6.82. The molecule has 0 saturated carbocycles. The van der Waals surface area contributed by atoms with E-state index in [1.807, 2.05) is 0 Å². The lowest BCUT2D eigenvalue weighted by atomic mass is 9.97. The fraction of sp³-hybridized carbons (Fsp3) is 0.917. The maximum atomic E-state index is 5.44. The van der Waals surface area contributed by atoms with Gasteiger partial charge in [0, 0.05) is 25.7 Å². The molecule has 2 unspecified atom stereocenters. The summed E-state index contributed by atoms with van der Waals surface area (Å²) < 4.78 is 5.44. The first-order chi connectivity index (χ1) is 8.78. The predicted octanol–water partition coefficient (Wildman–Crippen LogP) is 0.547. The van der Waals surface area contributed by atoms with E-state index in [0.29, 0.717) is 12.0 Å². The van der Waals surface area contributed by atoms with E-state index in [4.69, 9.17) is 4.74 Å². The molecule has 1 aliphatic rings. The normalized spacial score (nSPS) is 21.3. The van der Waals surface area contributed by atoms with Crippen LogP contribution in [0.1, 0.15) is 32.0 Å². The standard InChI is InChI=1S/C12H23N5O/c1-3-5-13-11(7-10-4-6-18-9-10)8-12-14-16-17(2)15-12/h10-11,13H,3-9H2,1-2H3. The van der Waals surface area contributed by atoms with Crippen molar-refractivity contribution in [1.82, 2.24) is 25.5 Å². The third-order valence-corrected chi connectivity index (χ3v) is 3.30. The Hall–Kier alpha value is -1.01. The fourth-order valence-electron chi connectivity index (χ4n) is 2.38. The lowest BCUT2D eigenvalue weighted by Crippen LogP contribution is -2.34. The maximum absolute atomic E-state index is 5.44. The summed E-state index contributed by atoms with van der Waals surface area (Å²) in [5, 5.41) is 15.8. The lowest BCUT2D eigenvalue weighted by Gasteiger charge is -2.19. The van der Waals surface area contributed by atoms with Crippen LogP contribution in [0, 0.1) is 5.92 Å². The lowest BCUT2D eigenvalue weighted by molar-refractivity contribution is 0.181. The first kappa shape index (κ1) is 13.4. The van der Waals surface area contributed by atoms with E-state index in [1.165, 1.54) is 11.2 Å². The minimum atomic E-state index is 0.431. The van der Waals surface area contributed by atoms with Crippen molar-refractivity contribution < 1.29 is 4.74 Å². The maximum Gasteiger partial charge on any atom is 0.176 e. The molecule has 1 aromatic heterocycles. The Balaban J connectivity index is 1.86. The Bertz CT molecular complexity index is 348. The van der Waals surface area contributed by atoms with Gasteiger partial charge in [0.15, 0.2) is 5.82 Å². The summed E-state index contributed by atoms with van der Waals surface area (Å²) >= 11 is 0. The van der Waals surface area contributed by atoms with Gasteiger partial charge in [-0.05, 0) is 36.9 Å². The number of nitrogens with one attached hydrogen (secondary N) is 1. The molecule has 0 amide bonds. The van der Waals surface area contributed by atoms with Gasteiger partial charge in [-0.2, -0.15) is 4.80 Å². The molecule has 1 aliphatic heterocycles. The molecule has 0 bridgehead atoms. The van der Waals surface area contributed by atoms with Crippen molar-refractivity contribution >= 4 is 0 Å². The zero-order chi connectivity index (χ0) is 12.8. The monoisotopic (exact) mass is 253 g/mol. The third kappa shape index (κ3) is 4.03. The van der Waals surface area contributed by atoms with Crippen molar-refractivity contribution in [2.24, 2.45) is 13.0 Å². The SMILES string of the molecule is CCCNC(Cc1nnn(C)n1)CC1CCOC1. The van der Waals surface area contributed by atoms with Gasteiger partial charge in [-0.15, -0.1) is 10.2 Å². The summed E-state index contributed by atoms with van der Waals surface area (Å²) in [5.74, 6) is 1.50. The number of rotatable bonds is 7. The van der Waals surface area contributed by atoms with Crippen LogP contribution in [-0.4, -0.2) is 46.0 Å². The fourth-order valence-corrected chi connectivity index (χ4v) is 2.38. The van der Waals surface area contributed by atoms with E-state index >= 15 is 0 Å². The molecule has 1 aromatic rings. The average Bonchev–Trinajstić information content (AvgIpc) is 2.98. The summed E-state index contributed by atoms with van der Waals surface area (Å²) in [7, 11) is 1.80. The number of hydrogen-bond donors (Lipinski definition) is 1. The smallest absolute Gasteiger partial charge is 0.176 e. The average molecular weight is 253 g/mol. The minimum Gasteiger partial charge on any atom is -0.381 e. The number of aryl methyl sites for hydroxylation is 1. The summed E-state index contributed by atoms with van der Waals surface area (Å²) in [6.45, 7) is 5.04. The van der Waals surface area contributed by atoms with Crippen LogP contribution in [0.2, 0.25) is 0 Å². The highest BCUT2D eigenvalue weighted by atomic mass is 16.5. The van der Waals surface area contributed by atoms with E-state index in [2.05, 4.69) is 27.7 Å². The van der Waals surface area contributed by atoms with Gasteiger partial charge >= 0.3 is 0 Å². The molecule has 2 heterocycles. The molecule has 0 aliphatic carbocycles. The zero-order valence-corrected chi connectivity index (χ0v) is 11.3. The van der Waals surface area contributed by atoms with Crippen molar-refractivity contribution in [1.29, 1.82) is 0 Å². The Morgan fingerprint density at radius 2 is 2.44 bits per heavy atom. The van der Waals surface area contributed by atoms with Crippen LogP contribution in [0.5, 0.6) is 0 Å². The summed E-state index contributed by atoms with van der Waals surface area (Å²) in [6.07, 6.45) is 4.31. The van der Waals surface area contributed by atoms with Gasteiger partial charge in [0.2, 0.25) is 0 Å². The van der Waals surface area contributed by atoms with Crippen molar-refractivity contribution in [2.75, 3.05) is 19.8 Å². The molecule has 0 aromatic carbocycles. The summed E-state index contributed by atoms with van der Waals surface area (Å²) in [5.41, 5.74) is 0. The van der Waals surface area contributed by atoms with Gasteiger partial charge in [-0.1, -0.05) is 6.92 Å². The second kappa shape index (κ2) is 6.80. The Kier molecular flexibility index (Phi) is 5.07. The highest BCUT2D eigenvalue weighted by Gasteiger charge is 2.21. The Morgan fingerprint density at radius 3 is 3.06 bits per heavy atom. The van der Waals surface area contributed by atoms with E-state index in [9.17, 15) is 0 Å². The van der Waals surface area contributed by atoms with E-state index in [0.717, 1.165) is 44.8 Å². The molecule has 0 spiro atoms. The predicted molar refractivity (Wildman–Crippen MR) is 68.1 cm³/mol. The molecule has 18 heavy (non-hydrogen) atoms. The van der Waals surface area contributed by atoms with E-state index in [-0.39, 0.29) is 0 Å². The molecular formula is C12H23N5O. The second-order valence-corrected chi connectivity index (χ2v) is 5.02. The Morgan fingerprint density at radius 1 is 1.56 bits per heavy atom. The molecule has 6 heteroatoms. The van der Waals surface area contributed by atoms with Crippen molar-refractivity contribution in [2.45, 2.75) is 38.6 Å². The largest absolute Gasteiger partial charge is 0.381 e. The number of nitrogens with zero attached hydrogens (tertiary/aromatic N) is 4. The van der Waals surface area contributed by atoms with Crippen LogP contribution in [0.4, 0.5) is 0 Å². The van der Waals surface area contributed by atoms with Crippen LogP contribution in [0.25, 0.3) is 0 Å². The summed E-state index contributed by atoms with van der Waals surface area (Å²) in [6, 6.07) is 0.431. The number of tetrazole rings is 1. The number of hydrogen-bond acceptors (Lipinski definition) is 5. The van der Waals surface area contributed by atoms with Gasteiger partial charge in [0.1, 0.15) is 0 Å². The van der Waals surface area contributed by atoms with Gasteiger partial charge in [-0.25, -0.2) is 0 Å². The van der Waals surface area contributed by atoms with Crippen LogP contribution in [0.15, 0.2) is 0 Å². The second-order valence-electron chi connectivity index (χ2n) is 5.02. The quantitative estimate of drug-likeness (QED) is 0.768. The van der Waals surface area contributed by atoms with Gasteiger partial charge in [0.25, 0.3) is 0 Å². The molecule has 0 radical (unpaired) electrons. The topological polar surface area (TPSA) is 64.9 Å². The molecule has 1 fully saturated rings. The molecule has 1 N–H and O–H groups in total. The third-order valence-electron chi connectivity index (χ3n) is 3.30. The summed E-state index contributed by atoms with van der Waals surface area (Å²) in [4.78, 5) is 1.52. The minimum absolute atomic E-state index is 0.431. The zero-order valence-electron chi connectivity index (χ0n) is 11.3. The molecular weight excluding hydrogens is 230 g/mol. The molecule has 2 atom stereocenters. The van der Waals surface area contributed by atoms with Crippen LogP contribution in [-0.2, 0) is 18.2 Å². The van der Waals surface area contributed by atoms with Gasteiger partial charge < -0.3 is 10.1 Å². The molecule has 2 rings (SSSR count). The van der Waals surface area contributed by atoms with Crippen LogP contribution < -0.4 is 5.32 Å². The first-order valence-electron chi connectivity index (χ1n) is 6.82. The van der Waals surface area contributed by atoms with E-state index < -0.39 is 0 Å². The highest BCUT2D eigenvalue weighted by Crippen LogP contribution is 2.19. The van der Waals surface area contributed by atoms with Crippen molar-refractivity contribution in [3.05, 3.63) is 5.82 Å². The number of ether oxygens (including phenoxy) is 1. The van der Waals surface area contributed by atoms with Crippen LogP contribution >= 0.6 is 0 Å². The number of aromatic nitrogens is 4. The van der Waals surface area contributed by atoms with E-state index in [1.54, 1.807) is 7.05 Å². The highest BCUT2D eigenvalue weighted by molar-refractivity contribution is 4.86. The molecule has 102 valence electrons. The molecule has 6 nitrogen and oxygen atoms in total.